The Morgan fingerprint density at radius 1 is 1.08 bits per heavy atom. The molecule has 0 saturated heterocycles. The van der Waals surface area contributed by atoms with Gasteiger partial charge in [-0.25, -0.2) is 0 Å². The van der Waals surface area contributed by atoms with Gasteiger partial charge in [0.1, 0.15) is 6.29 Å². The molecule has 2 aromatic carbocycles. The van der Waals surface area contributed by atoms with Crippen LogP contribution in [0.25, 0.3) is 0 Å². The molecule has 0 aromatic heterocycles. The molecule has 0 spiro atoms. The van der Waals surface area contributed by atoms with Crippen LogP contribution in [0.5, 0.6) is 0 Å². The summed E-state index contributed by atoms with van der Waals surface area (Å²) in [6, 6.07) is 11.0. The summed E-state index contributed by atoms with van der Waals surface area (Å²) < 4.78 is 0. The SMILES string of the molecule is Cc1cc(C)cc(C(=O)CNCC[C@H](C=O)c2ccc(Cl)c(Cl)c2)c1. The van der Waals surface area contributed by atoms with Crippen LogP contribution in [-0.2, 0) is 4.79 Å². The van der Waals surface area contributed by atoms with Crippen LogP contribution in [0.1, 0.15) is 39.4 Å². The van der Waals surface area contributed by atoms with Gasteiger partial charge in [0.25, 0.3) is 0 Å². The topological polar surface area (TPSA) is 46.2 Å². The molecule has 0 unspecified atom stereocenters. The first kappa shape index (κ1) is 19.6. The lowest BCUT2D eigenvalue weighted by atomic mass is 9.97. The van der Waals surface area contributed by atoms with Crippen molar-refractivity contribution < 1.29 is 9.59 Å². The Hall–Kier alpha value is -1.68. The number of halogens is 2. The second-order valence-corrected chi connectivity index (χ2v) is 7.00. The van der Waals surface area contributed by atoms with E-state index in [9.17, 15) is 9.59 Å². The Balaban J connectivity index is 1.87. The predicted octanol–water partition coefficient (Wildman–Crippen LogP) is 4.76. The zero-order chi connectivity index (χ0) is 18.4. The van der Waals surface area contributed by atoms with Gasteiger partial charge in [0.2, 0.25) is 0 Å². The van der Waals surface area contributed by atoms with Crippen LogP contribution < -0.4 is 5.32 Å². The molecule has 0 radical (unpaired) electrons. The van der Waals surface area contributed by atoms with E-state index in [2.05, 4.69) is 5.32 Å². The fourth-order valence-electron chi connectivity index (χ4n) is 2.75. The number of Topliss-reactive ketones (excluding diaryl/α,β-unsaturated/α-hetero) is 1. The molecular weight excluding hydrogens is 357 g/mol. The van der Waals surface area contributed by atoms with E-state index in [0.29, 0.717) is 28.6 Å². The summed E-state index contributed by atoms with van der Waals surface area (Å²) in [5.41, 5.74) is 3.68. The van der Waals surface area contributed by atoms with Crippen LogP contribution in [0.4, 0.5) is 0 Å². The average Bonchev–Trinajstić information content (AvgIpc) is 2.56. The highest BCUT2D eigenvalue weighted by atomic mass is 35.5. The van der Waals surface area contributed by atoms with Gasteiger partial charge in [0.15, 0.2) is 5.78 Å². The number of nitrogens with one attached hydrogen (secondary N) is 1. The number of hydrogen-bond acceptors (Lipinski definition) is 3. The number of hydrogen-bond donors (Lipinski definition) is 1. The molecule has 0 fully saturated rings. The Morgan fingerprint density at radius 3 is 2.36 bits per heavy atom. The van der Waals surface area contributed by atoms with Crippen LogP contribution in [0.15, 0.2) is 36.4 Å². The molecule has 0 heterocycles. The first-order valence-corrected chi connectivity index (χ1v) is 8.88. The van der Waals surface area contributed by atoms with Crippen molar-refractivity contribution in [3.8, 4) is 0 Å². The van der Waals surface area contributed by atoms with Crippen LogP contribution in [0.3, 0.4) is 0 Å². The van der Waals surface area contributed by atoms with Crippen molar-refractivity contribution in [3.05, 3.63) is 68.7 Å². The second kappa shape index (κ2) is 9.14. The van der Waals surface area contributed by atoms with Crippen molar-refractivity contribution in [1.82, 2.24) is 5.32 Å². The number of aryl methyl sites for hydroxylation is 2. The van der Waals surface area contributed by atoms with E-state index < -0.39 is 0 Å². The molecule has 1 atom stereocenters. The van der Waals surface area contributed by atoms with Gasteiger partial charge in [-0.1, -0.05) is 46.5 Å². The van der Waals surface area contributed by atoms with Crippen molar-refractivity contribution in [2.24, 2.45) is 0 Å². The number of benzene rings is 2. The van der Waals surface area contributed by atoms with Crippen molar-refractivity contribution >= 4 is 35.3 Å². The summed E-state index contributed by atoms with van der Waals surface area (Å²) in [5.74, 6) is -0.234. The van der Waals surface area contributed by atoms with Gasteiger partial charge in [0, 0.05) is 11.5 Å². The van der Waals surface area contributed by atoms with Gasteiger partial charge < -0.3 is 10.1 Å². The molecule has 0 aliphatic heterocycles. The van der Waals surface area contributed by atoms with E-state index in [0.717, 1.165) is 23.0 Å². The minimum absolute atomic E-state index is 0.0454. The Kier molecular flexibility index (Phi) is 7.18. The molecule has 2 rings (SSSR count). The first-order valence-electron chi connectivity index (χ1n) is 8.13. The highest BCUT2D eigenvalue weighted by molar-refractivity contribution is 6.42. The zero-order valence-electron chi connectivity index (χ0n) is 14.3. The molecule has 0 bridgehead atoms. The molecule has 0 saturated carbocycles. The lowest BCUT2D eigenvalue weighted by Gasteiger charge is -2.12. The normalized spacial score (nSPS) is 12.0. The maximum Gasteiger partial charge on any atom is 0.176 e. The molecule has 25 heavy (non-hydrogen) atoms. The molecule has 132 valence electrons. The van der Waals surface area contributed by atoms with Gasteiger partial charge >= 0.3 is 0 Å². The second-order valence-electron chi connectivity index (χ2n) is 6.18. The number of carbonyl (C=O) groups is 2. The van der Waals surface area contributed by atoms with Gasteiger partial charge in [-0.3, -0.25) is 4.79 Å². The Bertz CT molecular complexity index is 754. The Labute approximate surface area is 158 Å². The molecule has 2 aromatic rings. The van der Waals surface area contributed by atoms with Crippen molar-refractivity contribution in [1.29, 1.82) is 0 Å². The van der Waals surface area contributed by atoms with Crippen molar-refractivity contribution in [2.45, 2.75) is 26.2 Å². The number of rotatable bonds is 8. The molecule has 3 nitrogen and oxygen atoms in total. The van der Waals surface area contributed by atoms with Gasteiger partial charge in [-0.05, 0) is 56.6 Å². The first-order chi connectivity index (χ1) is 11.9. The summed E-state index contributed by atoms with van der Waals surface area (Å²) >= 11 is 11.9. The third-order valence-corrected chi connectivity index (χ3v) is 4.74. The largest absolute Gasteiger partial charge is 0.310 e. The zero-order valence-corrected chi connectivity index (χ0v) is 15.8. The molecule has 0 amide bonds. The number of carbonyl (C=O) groups excluding carboxylic acids is 2. The third-order valence-electron chi connectivity index (χ3n) is 4.00. The van der Waals surface area contributed by atoms with Crippen molar-refractivity contribution in [3.63, 3.8) is 0 Å². The van der Waals surface area contributed by atoms with Crippen LogP contribution in [0.2, 0.25) is 10.0 Å². The van der Waals surface area contributed by atoms with E-state index in [4.69, 9.17) is 23.2 Å². The van der Waals surface area contributed by atoms with E-state index >= 15 is 0 Å². The predicted molar refractivity (Wildman–Crippen MR) is 103 cm³/mol. The maximum absolute atomic E-state index is 12.3. The summed E-state index contributed by atoms with van der Waals surface area (Å²) in [4.78, 5) is 23.6. The van der Waals surface area contributed by atoms with E-state index in [-0.39, 0.29) is 18.2 Å². The van der Waals surface area contributed by atoms with Crippen LogP contribution >= 0.6 is 23.2 Å². The molecule has 0 aliphatic carbocycles. The highest BCUT2D eigenvalue weighted by Crippen LogP contribution is 2.27. The van der Waals surface area contributed by atoms with E-state index in [1.54, 1.807) is 18.2 Å². The molecule has 1 N–H and O–H groups in total. The number of aldehydes is 1. The monoisotopic (exact) mass is 377 g/mol. The summed E-state index contributed by atoms with van der Waals surface area (Å²) in [6.07, 6.45) is 1.48. The van der Waals surface area contributed by atoms with Crippen LogP contribution in [-0.4, -0.2) is 25.2 Å². The minimum Gasteiger partial charge on any atom is -0.310 e. The summed E-state index contributed by atoms with van der Waals surface area (Å²) in [6.45, 7) is 4.75. The van der Waals surface area contributed by atoms with Crippen molar-refractivity contribution in [2.75, 3.05) is 13.1 Å². The molecule has 0 aliphatic rings. The van der Waals surface area contributed by atoms with Gasteiger partial charge in [0.05, 0.1) is 16.6 Å². The fourth-order valence-corrected chi connectivity index (χ4v) is 3.06. The summed E-state index contributed by atoms with van der Waals surface area (Å²) in [7, 11) is 0. The van der Waals surface area contributed by atoms with E-state index in [1.165, 1.54) is 0 Å². The maximum atomic E-state index is 12.3. The highest BCUT2D eigenvalue weighted by Gasteiger charge is 2.13. The Morgan fingerprint density at radius 2 is 1.76 bits per heavy atom. The molecular formula is C20H21Cl2NO2. The number of ketones is 1. The smallest absolute Gasteiger partial charge is 0.176 e. The lowest BCUT2D eigenvalue weighted by Crippen LogP contribution is -2.25. The van der Waals surface area contributed by atoms with Gasteiger partial charge in [-0.2, -0.15) is 0 Å². The van der Waals surface area contributed by atoms with E-state index in [1.807, 2.05) is 32.0 Å². The fraction of sp³-hybridized carbons (Fsp3) is 0.300. The quantitative estimate of drug-likeness (QED) is 0.409. The van der Waals surface area contributed by atoms with Crippen LogP contribution in [0, 0.1) is 13.8 Å². The average molecular weight is 378 g/mol. The van der Waals surface area contributed by atoms with Gasteiger partial charge in [-0.15, -0.1) is 0 Å². The minimum atomic E-state index is -0.279. The standard InChI is InChI=1S/C20H21Cl2NO2/c1-13-7-14(2)9-17(8-13)20(25)11-23-6-5-16(12-24)15-3-4-18(21)19(22)10-15/h3-4,7-10,12,16,23H,5-6,11H2,1-2H3/t16-/m1/s1. The molecule has 5 heteroatoms. The summed E-state index contributed by atoms with van der Waals surface area (Å²) in [5, 5.41) is 4.01. The lowest BCUT2D eigenvalue weighted by molar-refractivity contribution is -0.109. The third kappa shape index (κ3) is 5.67.